The zero-order valence-corrected chi connectivity index (χ0v) is 13.1. The molecule has 2 N–H and O–H groups in total. The van der Waals surface area contributed by atoms with Gasteiger partial charge < -0.3 is 10.4 Å². The summed E-state index contributed by atoms with van der Waals surface area (Å²) in [6, 6.07) is 9.62. The van der Waals surface area contributed by atoms with E-state index in [0.29, 0.717) is 23.5 Å². The number of hydrogen-bond donors (Lipinski definition) is 2. The number of aromatic nitrogens is 2. The maximum absolute atomic E-state index is 12.3. The zero-order valence-electron chi connectivity index (χ0n) is 13.1. The Bertz CT molecular complexity index is 652. The molecular weight excluding hydrogens is 278 g/mol. The normalized spacial score (nSPS) is 13.5. The van der Waals surface area contributed by atoms with E-state index >= 15 is 0 Å². The van der Waals surface area contributed by atoms with Crippen LogP contribution >= 0.6 is 0 Å². The molecule has 1 heterocycles. The van der Waals surface area contributed by atoms with Crippen molar-refractivity contribution in [3.8, 4) is 11.4 Å². The van der Waals surface area contributed by atoms with Gasteiger partial charge in [0.15, 0.2) is 5.82 Å². The lowest BCUT2D eigenvalue weighted by Gasteiger charge is -2.27. The summed E-state index contributed by atoms with van der Waals surface area (Å²) < 4.78 is 0. The van der Waals surface area contributed by atoms with E-state index < -0.39 is 5.54 Å². The van der Waals surface area contributed by atoms with Gasteiger partial charge in [0.25, 0.3) is 5.91 Å². The van der Waals surface area contributed by atoms with Crippen LogP contribution in [0, 0.1) is 6.92 Å². The zero-order chi connectivity index (χ0) is 16.2. The van der Waals surface area contributed by atoms with Gasteiger partial charge in [0.05, 0.1) is 23.4 Å². The Labute approximate surface area is 130 Å². The predicted molar refractivity (Wildman–Crippen MR) is 85.5 cm³/mol. The fraction of sp³-hybridized carbons (Fsp3) is 0.353. The van der Waals surface area contributed by atoms with Crippen LogP contribution in [0.5, 0.6) is 0 Å². The third-order valence-electron chi connectivity index (χ3n) is 3.80. The van der Waals surface area contributed by atoms with E-state index in [-0.39, 0.29) is 12.5 Å². The molecular formula is C17H21N3O2. The van der Waals surface area contributed by atoms with E-state index in [0.717, 1.165) is 5.56 Å². The second kappa shape index (κ2) is 6.66. The second-order valence-corrected chi connectivity index (χ2v) is 5.59. The molecule has 22 heavy (non-hydrogen) atoms. The van der Waals surface area contributed by atoms with E-state index in [4.69, 9.17) is 0 Å². The van der Waals surface area contributed by atoms with Crippen LogP contribution in [-0.2, 0) is 0 Å². The van der Waals surface area contributed by atoms with Crippen molar-refractivity contribution >= 4 is 5.91 Å². The fourth-order valence-electron chi connectivity index (χ4n) is 2.00. The van der Waals surface area contributed by atoms with Crippen LogP contribution in [0.2, 0.25) is 0 Å². The highest BCUT2D eigenvalue weighted by molar-refractivity contribution is 5.95. The Morgan fingerprint density at radius 2 is 2.00 bits per heavy atom. The molecule has 2 rings (SSSR count). The number of benzene rings is 1. The lowest BCUT2D eigenvalue weighted by molar-refractivity contribution is 0.0846. The Morgan fingerprint density at radius 1 is 1.32 bits per heavy atom. The summed E-state index contributed by atoms with van der Waals surface area (Å²) >= 11 is 0. The van der Waals surface area contributed by atoms with Crippen molar-refractivity contribution in [2.24, 2.45) is 0 Å². The molecule has 0 saturated carbocycles. The second-order valence-electron chi connectivity index (χ2n) is 5.59. The Kier molecular flexibility index (Phi) is 4.88. The maximum Gasteiger partial charge on any atom is 0.255 e. The van der Waals surface area contributed by atoms with E-state index in [2.05, 4.69) is 15.3 Å². The number of amides is 1. The van der Waals surface area contributed by atoms with Crippen LogP contribution in [0.3, 0.4) is 0 Å². The summed E-state index contributed by atoms with van der Waals surface area (Å²) in [5.41, 5.74) is 1.31. The standard InChI is InChI=1S/C17H21N3O2/c1-4-17(3,11-21)20-16(22)14-10-18-15(19-12(14)2)13-8-6-5-7-9-13/h5-10,21H,4,11H2,1-3H3,(H,20,22)/t17-/m1/s1. The number of nitrogens with zero attached hydrogens (tertiary/aromatic N) is 2. The number of nitrogens with one attached hydrogen (secondary N) is 1. The molecule has 0 aliphatic heterocycles. The molecule has 116 valence electrons. The van der Waals surface area contributed by atoms with Crippen molar-refractivity contribution < 1.29 is 9.90 Å². The Morgan fingerprint density at radius 3 is 2.55 bits per heavy atom. The van der Waals surface area contributed by atoms with Gasteiger partial charge in [-0.3, -0.25) is 4.79 Å². The van der Waals surface area contributed by atoms with Gasteiger partial charge in [0.1, 0.15) is 0 Å². The van der Waals surface area contributed by atoms with E-state index in [1.807, 2.05) is 37.3 Å². The minimum Gasteiger partial charge on any atom is -0.394 e. The first-order valence-electron chi connectivity index (χ1n) is 7.31. The van der Waals surface area contributed by atoms with Crippen molar-refractivity contribution in [2.75, 3.05) is 6.61 Å². The average molecular weight is 299 g/mol. The van der Waals surface area contributed by atoms with Crippen LogP contribution in [-0.4, -0.2) is 33.1 Å². The van der Waals surface area contributed by atoms with Gasteiger partial charge in [0, 0.05) is 11.8 Å². The summed E-state index contributed by atoms with van der Waals surface area (Å²) in [6.07, 6.45) is 2.17. The van der Waals surface area contributed by atoms with E-state index in [1.165, 1.54) is 6.20 Å². The third-order valence-corrected chi connectivity index (χ3v) is 3.80. The van der Waals surface area contributed by atoms with Gasteiger partial charge in [0.2, 0.25) is 0 Å². The lowest BCUT2D eigenvalue weighted by Crippen LogP contribution is -2.48. The first-order chi connectivity index (χ1) is 10.5. The molecule has 5 heteroatoms. The molecule has 0 unspecified atom stereocenters. The number of aliphatic hydroxyl groups is 1. The molecule has 1 aromatic carbocycles. The minimum atomic E-state index is -0.637. The van der Waals surface area contributed by atoms with E-state index in [1.54, 1.807) is 13.8 Å². The SMILES string of the molecule is CC[C@](C)(CO)NC(=O)c1cnc(-c2ccccc2)nc1C. The largest absolute Gasteiger partial charge is 0.394 e. The van der Waals surface area contributed by atoms with Crippen molar-refractivity contribution in [1.82, 2.24) is 15.3 Å². The quantitative estimate of drug-likeness (QED) is 0.888. The van der Waals surface area contributed by atoms with Gasteiger partial charge in [-0.15, -0.1) is 0 Å². The summed E-state index contributed by atoms with van der Waals surface area (Å²) in [6.45, 7) is 5.39. The monoisotopic (exact) mass is 299 g/mol. The van der Waals surface area contributed by atoms with Crippen LogP contribution in [0.15, 0.2) is 36.5 Å². The summed E-state index contributed by atoms with van der Waals surface area (Å²) in [5, 5.41) is 12.2. The number of hydrogen-bond acceptors (Lipinski definition) is 4. The highest BCUT2D eigenvalue weighted by Crippen LogP contribution is 2.16. The Balaban J connectivity index is 2.25. The predicted octanol–water partition coefficient (Wildman–Crippen LogP) is 2.34. The van der Waals surface area contributed by atoms with Crippen LogP contribution in [0.1, 0.15) is 36.3 Å². The smallest absolute Gasteiger partial charge is 0.255 e. The molecule has 0 bridgehead atoms. The molecule has 0 fully saturated rings. The van der Waals surface area contributed by atoms with E-state index in [9.17, 15) is 9.90 Å². The summed E-state index contributed by atoms with van der Waals surface area (Å²) in [7, 11) is 0. The summed E-state index contributed by atoms with van der Waals surface area (Å²) in [4.78, 5) is 21.0. The first-order valence-corrected chi connectivity index (χ1v) is 7.31. The maximum atomic E-state index is 12.3. The molecule has 0 spiro atoms. The van der Waals surface area contributed by atoms with Gasteiger partial charge in [-0.25, -0.2) is 9.97 Å². The summed E-state index contributed by atoms with van der Waals surface area (Å²) in [5.74, 6) is 0.325. The van der Waals surface area contributed by atoms with Crippen molar-refractivity contribution in [3.63, 3.8) is 0 Å². The molecule has 1 aromatic heterocycles. The van der Waals surface area contributed by atoms with Gasteiger partial charge in [-0.2, -0.15) is 0 Å². The molecule has 0 aliphatic rings. The first kappa shape index (κ1) is 16.1. The molecule has 1 atom stereocenters. The third kappa shape index (κ3) is 3.49. The van der Waals surface area contributed by atoms with Gasteiger partial charge in [-0.05, 0) is 20.3 Å². The Hall–Kier alpha value is -2.27. The number of aliphatic hydroxyl groups excluding tert-OH is 1. The van der Waals surface area contributed by atoms with Gasteiger partial charge >= 0.3 is 0 Å². The number of carbonyl (C=O) groups is 1. The number of rotatable bonds is 5. The van der Waals surface area contributed by atoms with Crippen molar-refractivity contribution in [3.05, 3.63) is 47.8 Å². The van der Waals surface area contributed by atoms with Crippen molar-refractivity contribution in [2.45, 2.75) is 32.7 Å². The molecule has 0 radical (unpaired) electrons. The fourth-order valence-corrected chi connectivity index (χ4v) is 2.00. The van der Waals surface area contributed by atoms with Crippen LogP contribution in [0.25, 0.3) is 11.4 Å². The molecule has 5 nitrogen and oxygen atoms in total. The number of aryl methyl sites for hydroxylation is 1. The number of carbonyl (C=O) groups excluding carboxylic acids is 1. The molecule has 0 aliphatic carbocycles. The van der Waals surface area contributed by atoms with Crippen LogP contribution < -0.4 is 5.32 Å². The highest BCUT2D eigenvalue weighted by atomic mass is 16.3. The van der Waals surface area contributed by atoms with Crippen LogP contribution in [0.4, 0.5) is 0 Å². The van der Waals surface area contributed by atoms with Crippen molar-refractivity contribution in [1.29, 1.82) is 0 Å². The average Bonchev–Trinajstić information content (AvgIpc) is 2.55. The van der Waals surface area contributed by atoms with Gasteiger partial charge in [-0.1, -0.05) is 37.3 Å². The minimum absolute atomic E-state index is 0.114. The molecule has 2 aromatic rings. The lowest BCUT2D eigenvalue weighted by atomic mass is 9.99. The highest BCUT2D eigenvalue weighted by Gasteiger charge is 2.25. The molecule has 0 saturated heterocycles. The topological polar surface area (TPSA) is 75.1 Å². The molecule has 1 amide bonds.